The van der Waals surface area contributed by atoms with Crippen molar-refractivity contribution in [3.63, 3.8) is 0 Å². The number of nitrogen functional groups attached to an aromatic ring is 1. The third-order valence-electron chi connectivity index (χ3n) is 5.39. The van der Waals surface area contributed by atoms with Gasteiger partial charge in [0.1, 0.15) is 17.8 Å². The lowest BCUT2D eigenvalue weighted by Gasteiger charge is -2.32. The molecule has 3 N–H and O–H groups in total. The Bertz CT molecular complexity index is 845. The Labute approximate surface area is 173 Å². The Kier molecular flexibility index (Phi) is 6.33. The summed E-state index contributed by atoms with van der Waals surface area (Å²) in [6.45, 7) is 7.02. The number of anilines is 2. The van der Waals surface area contributed by atoms with Gasteiger partial charge in [-0.3, -0.25) is 0 Å². The Balaban J connectivity index is 1.95. The fourth-order valence-corrected chi connectivity index (χ4v) is 3.45. The minimum atomic E-state index is -0.685. The maximum Gasteiger partial charge on any atom is 0.144 e. The first-order valence-electron chi connectivity index (χ1n) is 9.92. The highest BCUT2D eigenvalue weighted by molar-refractivity contribution is 5.79. The second kappa shape index (κ2) is 8.74. The Morgan fingerprint density at radius 1 is 1.24 bits per heavy atom. The van der Waals surface area contributed by atoms with Crippen LogP contribution in [-0.2, 0) is 16.8 Å². The molecule has 0 aromatic heterocycles. The predicted octanol–water partition coefficient (Wildman–Crippen LogP) is 2.99. The number of methoxy groups -OCH3 is 1. The van der Waals surface area contributed by atoms with Gasteiger partial charge >= 0.3 is 0 Å². The van der Waals surface area contributed by atoms with E-state index in [1.165, 1.54) is 0 Å². The topological polar surface area (TPSA) is 76.8 Å². The Morgan fingerprint density at radius 3 is 2.48 bits per heavy atom. The highest BCUT2D eigenvalue weighted by Crippen LogP contribution is 2.41. The van der Waals surface area contributed by atoms with E-state index in [1.807, 2.05) is 57.3 Å². The van der Waals surface area contributed by atoms with Crippen LogP contribution in [0.1, 0.15) is 25.0 Å². The van der Waals surface area contributed by atoms with E-state index in [-0.39, 0.29) is 0 Å². The number of benzene rings is 2. The zero-order chi connectivity index (χ0) is 21.0. The van der Waals surface area contributed by atoms with Gasteiger partial charge in [0.2, 0.25) is 0 Å². The molecule has 6 heteroatoms. The SMILES string of the molecule is COc1ccc(CN(C)c2c(OCC3CNC3)cc(N)cc2C(C)(C)C=O)cc1. The number of ether oxygens (including phenoxy) is 2. The van der Waals surface area contributed by atoms with Crippen molar-refractivity contribution in [2.24, 2.45) is 5.92 Å². The van der Waals surface area contributed by atoms with Gasteiger partial charge in [0.15, 0.2) is 0 Å². The minimum absolute atomic E-state index is 0.499. The van der Waals surface area contributed by atoms with Crippen molar-refractivity contribution in [2.45, 2.75) is 25.8 Å². The average molecular weight is 398 g/mol. The van der Waals surface area contributed by atoms with E-state index in [1.54, 1.807) is 7.11 Å². The van der Waals surface area contributed by atoms with Crippen LogP contribution < -0.4 is 25.4 Å². The largest absolute Gasteiger partial charge is 0.497 e. The van der Waals surface area contributed by atoms with E-state index in [9.17, 15) is 4.79 Å². The first-order chi connectivity index (χ1) is 13.8. The second-order valence-corrected chi connectivity index (χ2v) is 8.29. The number of carbonyl (C=O) groups excluding carboxylic acids is 1. The lowest BCUT2D eigenvalue weighted by atomic mass is 9.84. The van der Waals surface area contributed by atoms with Crippen LogP contribution in [0.4, 0.5) is 11.4 Å². The molecule has 1 saturated heterocycles. The van der Waals surface area contributed by atoms with Crippen molar-refractivity contribution in [3.8, 4) is 11.5 Å². The summed E-state index contributed by atoms with van der Waals surface area (Å²) in [7, 11) is 3.67. The molecule has 1 fully saturated rings. The average Bonchev–Trinajstić information content (AvgIpc) is 2.66. The van der Waals surface area contributed by atoms with Crippen LogP contribution >= 0.6 is 0 Å². The molecule has 0 unspecified atom stereocenters. The molecule has 0 saturated carbocycles. The third-order valence-corrected chi connectivity index (χ3v) is 5.39. The molecule has 29 heavy (non-hydrogen) atoms. The summed E-state index contributed by atoms with van der Waals surface area (Å²) in [5.41, 5.74) is 8.99. The van der Waals surface area contributed by atoms with Crippen LogP contribution in [0.3, 0.4) is 0 Å². The summed E-state index contributed by atoms with van der Waals surface area (Å²) in [4.78, 5) is 14.0. The molecular formula is C23H31N3O3. The molecular weight excluding hydrogens is 366 g/mol. The van der Waals surface area contributed by atoms with Crippen LogP contribution in [0, 0.1) is 5.92 Å². The van der Waals surface area contributed by atoms with Crippen LogP contribution in [-0.4, -0.2) is 40.1 Å². The van der Waals surface area contributed by atoms with Crippen LogP contribution in [0.5, 0.6) is 11.5 Å². The highest BCUT2D eigenvalue weighted by Gasteiger charge is 2.29. The standard InChI is InChI=1S/C23H31N3O3/c1-23(2,15-27)20-9-18(24)10-21(29-14-17-11-25-12-17)22(20)26(3)13-16-5-7-19(28-4)8-6-16/h5-10,15,17,25H,11-14,24H2,1-4H3. The van der Waals surface area contributed by atoms with E-state index in [4.69, 9.17) is 15.2 Å². The summed E-state index contributed by atoms with van der Waals surface area (Å²) in [5.74, 6) is 2.04. The van der Waals surface area contributed by atoms with Gasteiger partial charge in [-0.05, 0) is 43.2 Å². The van der Waals surface area contributed by atoms with Gasteiger partial charge in [-0.25, -0.2) is 0 Å². The van der Waals surface area contributed by atoms with E-state index in [2.05, 4.69) is 10.2 Å². The number of nitrogens with two attached hydrogens (primary N) is 1. The smallest absolute Gasteiger partial charge is 0.144 e. The van der Waals surface area contributed by atoms with Crippen molar-refractivity contribution in [3.05, 3.63) is 47.5 Å². The molecule has 2 aromatic carbocycles. The molecule has 156 valence electrons. The van der Waals surface area contributed by atoms with E-state index in [0.29, 0.717) is 24.8 Å². The molecule has 2 aromatic rings. The van der Waals surface area contributed by atoms with Gasteiger partial charge < -0.3 is 30.2 Å². The van der Waals surface area contributed by atoms with Gasteiger partial charge in [0.25, 0.3) is 0 Å². The summed E-state index contributed by atoms with van der Waals surface area (Å²) >= 11 is 0. The van der Waals surface area contributed by atoms with Crippen molar-refractivity contribution < 1.29 is 14.3 Å². The van der Waals surface area contributed by atoms with E-state index >= 15 is 0 Å². The molecule has 0 bridgehead atoms. The fraction of sp³-hybridized carbons (Fsp3) is 0.435. The summed E-state index contributed by atoms with van der Waals surface area (Å²) in [6.07, 6.45) is 0.964. The van der Waals surface area contributed by atoms with E-state index < -0.39 is 5.41 Å². The molecule has 0 aliphatic carbocycles. The molecule has 1 aliphatic heterocycles. The van der Waals surface area contributed by atoms with Crippen LogP contribution in [0.15, 0.2) is 36.4 Å². The van der Waals surface area contributed by atoms with Gasteiger partial charge in [-0.2, -0.15) is 0 Å². The fourth-order valence-electron chi connectivity index (χ4n) is 3.45. The predicted molar refractivity (Wildman–Crippen MR) is 117 cm³/mol. The lowest BCUT2D eigenvalue weighted by Crippen LogP contribution is -2.45. The molecule has 0 atom stereocenters. The summed E-state index contributed by atoms with van der Waals surface area (Å²) < 4.78 is 11.4. The molecule has 0 amide bonds. The van der Waals surface area contributed by atoms with Crippen molar-refractivity contribution in [1.82, 2.24) is 5.32 Å². The third kappa shape index (κ3) is 4.82. The highest BCUT2D eigenvalue weighted by atomic mass is 16.5. The van der Waals surface area contributed by atoms with Crippen molar-refractivity contribution in [2.75, 3.05) is 44.5 Å². The molecule has 0 radical (unpaired) electrons. The number of carbonyl (C=O) groups is 1. The van der Waals surface area contributed by atoms with Crippen molar-refractivity contribution >= 4 is 17.7 Å². The quantitative estimate of drug-likeness (QED) is 0.500. The number of hydrogen-bond acceptors (Lipinski definition) is 6. The number of rotatable bonds is 9. The van der Waals surface area contributed by atoms with Gasteiger partial charge in [0.05, 0.1) is 19.4 Å². The van der Waals surface area contributed by atoms with Gasteiger partial charge in [0, 0.05) is 49.8 Å². The number of hydrogen-bond donors (Lipinski definition) is 2. The van der Waals surface area contributed by atoms with E-state index in [0.717, 1.165) is 47.7 Å². The summed E-state index contributed by atoms with van der Waals surface area (Å²) in [5, 5.41) is 3.26. The molecule has 0 spiro atoms. The number of nitrogens with zero attached hydrogens (tertiary/aromatic N) is 1. The summed E-state index contributed by atoms with van der Waals surface area (Å²) in [6, 6.07) is 11.7. The zero-order valence-electron chi connectivity index (χ0n) is 17.7. The minimum Gasteiger partial charge on any atom is -0.497 e. The second-order valence-electron chi connectivity index (χ2n) is 8.29. The molecule has 1 heterocycles. The molecule has 6 nitrogen and oxygen atoms in total. The molecule has 3 rings (SSSR count). The Morgan fingerprint density at radius 2 is 1.93 bits per heavy atom. The lowest BCUT2D eigenvalue weighted by molar-refractivity contribution is -0.111. The number of aldehydes is 1. The Hall–Kier alpha value is -2.73. The zero-order valence-corrected chi connectivity index (χ0v) is 17.7. The first-order valence-corrected chi connectivity index (χ1v) is 9.92. The normalized spacial score (nSPS) is 14.2. The van der Waals surface area contributed by atoms with Gasteiger partial charge in [-0.1, -0.05) is 12.1 Å². The maximum absolute atomic E-state index is 11.9. The van der Waals surface area contributed by atoms with Crippen molar-refractivity contribution in [1.29, 1.82) is 0 Å². The maximum atomic E-state index is 11.9. The number of nitrogens with one attached hydrogen (secondary N) is 1. The van der Waals surface area contributed by atoms with Gasteiger partial charge in [-0.15, -0.1) is 0 Å². The molecule has 1 aliphatic rings. The monoisotopic (exact) mass is 397 g/mol. The van der Waals surface area contributed by atoms with Crippen LogP contribution in [0.25, 0.3) is 0 Å². The first kappa shape index (κ1) is 21.0. The van der Waals surface area contributed by atoms with Crippen LogP contribution in [0.2, 0.25) is 0 Å².